The topological polar surface area (TPSA) is 78.7 Å². The fourth-order valence-electron chi connectivity index (χ4n) is 4.39. The Bertz CT molecular complexity index is 889. The van der Waals surface area contributed by atoms with Gasteiger partial charge < -0.3 is 10.2 Å². The summed E-state index contributed by atoms with van der Waals surface area (Å²) in [6.45, 7) is 4.54. The minimum Gasteiger partial charge on any atom is -0.371 e. The smallest absolute Gasteiger partial charge is 0.270 e. The number of hydrogen-bond donors (Lipinski definition) is 1. The van der Waals surface area contributed by atoms with Gasteiger partial charge in [0.2, 0.25) is 0 Å². The van der Waals surface area contributed by atoms with E-state index in [2.05, 4.69) is 39.4 Å². The summed E-state index contributed by atoms with van der Waals surface area (Å²) < 4.78 is 0. The van der Waals surface area contributed by atoms with Crippen LogP contribution in [0.1, 0.15) is 41.6 Å². The molecule has 1 amide bonds. The van der Waals surface area contributed by atoms with Crippen LogP contribution < -0.4 is 10.2 Å². The van der Waals surface area contributed by atoms with Gasteiger partial charge in [0.15, 0.2) is 0 Å². The van der Waals surface area contributed by atoms with Crippen LogP contribution in [-0.2, 0) is 6.54 Å². The van der Waals surface area contributed by atoms with Crippen LogP contribution in [-0.4, -0.2) is 48.0 Å². The monoisotopic (exact) mass is 408 g/mol. The van der Waals surface area contributed by atoms with Gasteiger partial charge in [0.05, 0.1) is 16.2 Å². The third-order valence-corrected chi connectivity index (χ3v) is 6.05. The Hall–Kier alpha value is -2.93. The summed E-state index contributed by atoms with van der Waals surface area (Å²) >= 11 is 0. The molecular weight excluding hydrogens is 380 g/mol. The maximum atomic E-state index is 13.1. The Morgan fingerprint density at radius 2 is 1.73 bits per heavy atom. The molecule has 2 aliphatic heterocycles. The first-order valence-electron chi connectivity index (χ1n) is 10.7. The maximum Gasteiger partial charge on any atom is 0.270 e. The number of carbonyl (C=O) groups is 1. The van der Waals surface area contributed by atoms with E-state index in [1.54, 1.807) is 6.07 Å². The first-order valence-corrected chi connectivity index (χ1v) is 10.7. The van der Waals surface area contributed by atoms with Crippen molar-refractivity contribution in [2.45, 2.75) is 38.3 Å². The Labute approximate surface area is 176 Å². The molecular formula is C23H28N4O3. The van der Waals surface area contributed by atoms with Crippen LogP contribution in [0.4, 0.5) is 11.4 Å². The number of hydrogen-bond acceptors (Lipinski definition) is 5. The van der Waals surface area contributed by atoms with E-state index in [9.17, 15) is 14.9 Å². The van der Waals surface area contributed by atoms with Gasteiger partial charge in [0.25, 0.3) is 11.6 Å². The standard InChI is InChI=1S/C23H28N4O3/c28-23(21-16-20(27(29)30)8-9-22(21)26-12-4-5-13-26)24-19-10-14-25(15-11-19)17-18-6-2-1-3-7-18/h1-3,6-9,16,19H,4-5,10-15,17H2,(H,24,28). The molecule has 0 saturated carbocycles. The van der Waals surface area contributed by atoms with E-state index in [-0.39, 0.29) is 17.6 Å². The Kier molecular flexibility index (Phi) is 6.28. The lowest BCUT2D eigenvalue weighted by Crippen LogP contribution is -2.44. The van der Waals surface area contributed by atoms with Crippen LogP contribution in [0.15, 0.2) is 48.5 Å². The van der Waals surface area contributed by atoms with Crippen LogP contribution in [0, 0.1) is 10.1 Å². The second kappa shape index (κ2) is 9.26. The molecule has 2 heterocycles. The maximum absolute atomic E-state index is 13.1. The van der Waals surface area contributed by atoms with Gasteiger partial charge in [-0.3, -0.25) is 19.8 Å². The van der Waals surface area contributed by atoms with Gasteiger partial charge in [-0.1, -0.05) is 30.3 Å². The van der Waals surface area contributed by atoms with E-state index >= 15 is 0 Å². The predicted molar refractivity (Wildman–Crippen MR) is 117 cm³/mol. The summed E-state index contributed by atoms with van der Waals surface area (Å²) in [6, 6.07) is 15.1. The van der Waals surface area contributed by atoms with Crippen molar-refractivity contribution in [3.63, 3.8) is 0 Å². The summed E-state index contributed by atoms with van der Waals surface area (Å²) in [7, 11) is 0. The van der Waals surface area contributed by atoms with Gasteiger partial charge in [0.1, 0.15) is 0 Å². The summed E-state index contributed by atoms with van der Waals surface area (Å²) in [5.74, 6) is -0.206. The van der Waals surface area contributed by atoms with E-state index in [1.165, 1.54) is 17.7 Å². The molecule has 0 aromatic heterocycles. The van der Waals surface area contributed by atoms with Gasteiger partial charge in [-0.05, 0) is 37.3 Å². The minimum absolute atomic E-state index is 0.0409. The molecule has 158 valence electrons. The summed E-state index contributed by atoms with van der Waals surface area (Å²) in [6.07, 6.45) is 3.93. The highest BCUT2D eigenvalue weighted by Gasteiger charge is 2.26. The van der Waals surface area contributed by atoms with E-state index in [1.807, 2.05) is 6.07 Å². The molecule has 2 saturated heterocycles. The third-order valence-electron chi connectivity index (χ3n) is 6.05. The molecule has 2 fully saturated rings. The van der Waals surface area contributed by atoms with Crippen LogP contribution in [0.25, 0.3) is 0 Å². The van der Waals surface area contributed by atoms with Gasteiger partial charge in [0, 0.05) is 50.9 Å². The first-order chi connectivity index (χ1) is 14.6. The lowest BCUT2D eigenvalue weighted by Gasteiger charge is -2.32. The van der Waals surface area contributed by atoms with Crippen molar-refractivity contribution in [1.29, 1.82) is 0 Å². The van der Waals surface area contributed by atoms with Crippen LogP contribution in [0.2, 0.25) is 0 Å². The molecule has 0 aliphatic carbocycles. The molecule has 4 rings (SSSR count). The number of anilines is 1. The largest absolute Gasteiger partial charge is 0.371 e. The average Bonchev–Trinajstić information content (AvgIpc) is 3.30. The lowest BCUT2D eigenvalue weighted by atomic mass is 10.0. The van der Waals surface area contributed by atoms with E-state index in [0.29, 0.717) is 5.56 Å². The number of nitro groups is 1. The van der Waals surface area contributed by atoms with Crippen molar-refractivity contribution in [3.8, 4) is 0 Å². The number of benzene rings is 2. The quantitative estimate of drug-likeness (QED) is 0.584. The van der Waals surface area contributed by atoms with Crippen molar-refractivity contribution in [1.82, 2.24) is 10.2 Å². The number of amides is 1. The Balaban J connectivity index is 1.40. The minimum atomic E-state index is -0.438. The van der Waals surface area contributed by atoms with Crippen LogP contribution in [0.3, 0.4) is 0 Å². The normalized spacial score (nSPS) is 17.8. The Morgan fingerprint density at radius 3 is 2.40 bits per heavy atom. The van der Waals surface area contributed by atoms with Crippen LogP contribution in [0.5, 0.6) is 0 Å². The number of nitrogens with one attached hydrogen (secondary N) is 1. The molecule has 0 unspecified atom stereocenters. The van der Waals surface area contributed by atoms with Crippen molar-refractivity contribution >= 4 is 17.3 Å². The fourth-order valence-corrected chi connectivity index (χ4v) is 4.39. The second-order valence-electron chi connectivity index (χ2n) is 8.16. The molecule has 0 atom stereocenters. The van der Waals surface area contributed by atoms with Gasteiger partial charge in [-0.2, -0.15) is 0 Å². The molecule has 0 spiro atoms. The van der Waals surface area contributed by atoms with Crippen molar-refractivity contribution in [3.05, 3.63) is 69.8 Å². The van der Waals surface area contributed by atoms with Crippen LogP contribution >= 0.6 is 0 Å². The molecule has 0 radical (unpaired) electrons. The Morgan fingerprint density at radius 1 is 1.03 bits per heavy atom. The van der Waals surface area contributed by atoms with E-state index in [0.717, 1.165) is 64.1 Å². The third kappa shape index (κ3) is 4.79. The van der Waals surface area contributed by atoms with Crippen molar-refractivity contribution in [2.24, 2.45) is 0 Å². The zero-order chi connectivity index (χ0) is 20.9. The van der Waals surface area contributed by atoms with Gasteiger partial charge >= 0.3 is 0 Å². The highest BCUT2D eigenvalue weighted by atomic mass is 16.6. The number of rotatable bonds is 6. The molecule has 2 aromatic carbocycles. The van der Waals surface area contributed by atoms with Crippen molar-refractivity contribution < 1.29 is 9.72 Å². The molecule has 30 heavy (non-hydrogen) atoms. The second-order valence-corrected chi connectivity index (χ2v) is 8.16. The van der Waals surface area contributed by atoms with E-state index < -0.39 is 4.92 Å². The summed E-state index contributed by atoms with van der Waals surface area (Å²) in [5.41, 5.74) is 2.47. The van der Waals surface area contributed by atoms with Crippen molar-refractivity contribution in [2.75, 3.05) is 31.1 Å². The highest BCUT2D eigenvalue weighted by Crippen LogP contribution is 2.28. The summed E-state index contributed by atoms with van der Waals surface area (Å²) in [4.78, 5) is 28.4. The molecule has 2 aromatic rings. The SMILES string of the molecule is O=C(NC1CCN(Cc2ccccc2)CC1)c1cc([N+](=O)[O-])ccc1N1CCCC1. The molecule has 1 N–H and O–H groups in total. The molecule has 7 heteroatoms. The molecule has 7 nitrogen and oxygen atoms in total. The van der Waals surface area contributed by atoms with Gasteiger partial charge in [-0.15, -0.1) is 0 Å². The number of nitrogens with zero attached hydrogens (tertiary/aromatic N) is 3. The number of carbonyl (C=O) groups excluding carboxylic acids is 1. The fraction of sp³-hybridized carbons (Fsp3) is 0.435. The van der Waals surface area contributed by atoms with Gasteiger partial charge in [-0.25, -0.2) is 0 Å². The number of non-ortho nitro benzene ring substituents is 1. The molecule has 2 aliphatic rings. The number of likely N-dealkylation sites (tertiary alicyclic amines) is 1. The highest BCUT2D eigenvalue weighted by molar-refractivity contribution is 6.00. The number of nitro benzene ring substituents is 1. The number of piperidine rings is 1. The zero-order valence-electron chi connectivity index (χ0n) is 17.1. The predicted octanol–water partition coefficient (Wildman–Crippen LogP) is 3.59. The summed E-state index contributed by atoms with van der Waals surface area (Å²) in [5, 5.41) is 14.4. The lowest BCUT2D eigenvalue weighted by molar-refractivity contribution is -0.384. The average molecular weight is 409 g/mol. The first kappa shape index (κ1) is 20.3. The zero-order valence-corrected chi connectivity index (χ0v) is 17.1. The molecule has 0 bridgehead atoms. The van der Waals surface area contributed by atoms with E-state index in [4.69, 9.17) is 0 Å².